The first-order valence-corrected chi connectivity index (χ1v) is 7.71. The molecule has 0 saturated carbocycles. The van der Waals surface area contributed by atoms with Gasteiger partial charge < -0.3 is 4.90 Å². The van der Waals surface area contributed by atoms with Gasteiger partial charge in [0.05, 0.1) is 5.69 Å². The second-order valence-electron chi connectivity index (χ2n) is 5.78. The van der Waals surface area contributed by atoms with Gasteiger partial charge in [0.25, 0.3) is 11.8 Å². The molecule has 2 aromatic rings. The van der Waals surface area contributed by atoms with E-state index in [0.29, 0.717) is 11.3 Å². The first kappa shape index (κ1) is 16.4. The Balaban J connectivity index is 1.96. The molecule has 1 heterocycles. The number of hydrogen-bond donors (Lipinski definition) is 1. The molecule has 0 bridgehead atoms. The summed E-state index contributed by atoms with van der Waals surface area (Å²) in [5.74, 6) is -1.34. The van der Waals surface area contributed by atoms with Crippen molar-refractivity contribution < 1.29 is 14.4 Å². The van der Waals surface area contributed by atoms with Crippen molar-refractivity contribution in [2.75, 3.05) is 23.9 Å². The largest absolute Gasteiger partial charge is 0.378 e. The highest BCUT2D eigenvalue weighted by Gasteiger charge is 2.36. The maximum absolute atomic E-state index is 12.7. The van der Waals surface area contributed by atoms with Gasteiger partial charge in [-0.15, -0.1) is 0 Å². The van der Waals surface area contributed by atoms with Gasteiger partial charge >= 0.3 is 6.03 Å². The predicted octanol–water partition coefficient (Wildman–Crippen LogP) is 2.42. The lowest BCUT2D eigenvalue weighted by molar-refractivity contribution is -0.122. The third-order valence-corrected chi connectivity index (χ3v) is 3.84. The van der Waals surface area contributed by atoms with Gasteiger partial charge in [-0.3, -0.25) is 14.9 Å². The molecule has 1 aliphatic rings. The van der Waals surface area contributed by atoms with Crippen LogP contribution in [0.4, 0.5) is 16.2 Å². The highest BCUT2D eigenvalue weighted by Crippen LogP contribution is 2.22. The molecule has 6 nitrogen and oxygen atoms in total. The third-order valence-electron chi connectivity index (χ3n) is 3.84. The molecule has 0 aromatic heterocycles. The Morgan fingerprint density at radius 1 is 0.920 bits per heavy atom. The molecule has 1 saturated heterocycles. The van der Waals surface area contributed by atoms with Gasteiger partial charge in [0.2, 0.25) is 0 Å². The summed E-state index contributed by atoms with van der Waals surface area (Å²) in [7, 11) is 3.85. The molecular weight excluding hydrogens is 318 g/mol. The van der Waals surface area contributed by atoms with Crippen molar-refractivity contribution >= 4 is 35.3 Å². The van der Waals surface area contributed by atoms with Crippen LogP contribution in [0.1, 0.15) is 5.56 Å². The number of carbonyl (C=O) groups excluding carboxylic acids is 3. The van der Waals surface area contributed by atoms with Gasteiger partial charge in [-0.05, 0) is 35.9 Å². The lowest BCUT2D eigenvalue weighted by Gasteiger charge is -2.26. The van der Waals surface area contributed by atoms with Crippen LogP contribution < -0.4 is 15.1 Å². The number of carbonyl (C=O) groups is 3. The maximum atomic E-state index is 12.7. The summed E-state index contributed by atoms with van der Waals surface area (Å²) < 4.78 is 0. The average molecular weight is 335 g/mol. The van der Waals surface area contributed by atoms with E-state index in [1.165, 1.54) is 6.08 Å². The van der Waals surface area contributed by atoms with Crippen LogP contribution in [-0.2, 0) is 9.59 Å². The standard InChI is InChI=1S/C19H17N3O3/c1-21(2)14-10-8-13(9-11-14)12-16-17(23)20-19(25)22(18(16)24)15-6-4-3-5-7-15/h3-12H,1-2H3,(H,20,23,25)/b16-12+. The highest BCUT2D eigenvalue weighted by molar-refractivity contribution is 6.39. The zero-order chi connectivity index (χ0) is 18.0. The third kappa shape index (κ3) is 3.28. The van der Waals surface area contributed by atoms with Gasteiger partial charge in [0.15, 0.2) is 0 Å². The lowest BCUT2D eigenvalue weighted by Crippen LogP contribution is -2.54. The molecule has 1 N–H and O–H groups in total. The number of urea groups is 1. The minimum Gasteiger partial charge on any atom is -0.378 e. The minimum absolute atomic E-state index is 0.0824. The van der Waals surface area contributed by atoms with Crippen LogP contribution in [-0.4, -0.2) is 31.9 Å². The zero-order valence-corrected chi connectivity index (χ0v) is 13.9. The summed E-state index contributed by atoms with van der Waals surface area (Å²) in [6, 6.07) is 15.1. The molecule has 0 unspecified atom stereocenters. The minimum atomic E-state index is -0.749. The fourth-order valence-corrected chi connectivity index (χ4v) is 2.50. The van der Waals surface area contributed by atoms with Crippen LogP contribution in [0, 0.1) is 0 Å². The molecule has 25 heavy (non-hydrogen) atoms. The van der Waals surface area contributed by atoms with Crippen molar-refractivity contribution in [3.05, 3.63) is 65.7 Å². The van der Waals surface area contributed by atoms with Crippen molar-refractivity contribution in [3.63, 3.8) is 0 Å². The number of amides is 4. The number of barbiturate groups is 1. The molecule has 2 aromatic carbocycles. The topological polar surface area (TPSA) is 69.7 Å². The molecular formula is C19H17N3O3. The van der Waals surface area contributed by atoms with E-state index in [0.717, 1.165) is 10.6 Å². The summed E-state index contributed by atoms with van der Waals surface area (Å²) in [6.07, 6.45) is 1.49. The quantitative estimate of drug-likeness (QED) is 0.691. The summed E-state index contributed by atoms with van der Waals surface area (Å²) in [5, 5.41) is 2.21. The smallest absolute Gasteiger partial charge is 0.335 e. The van der Waals surface area contributed by atoms with E-state index in [2.05, 4.69) is 5.32 Å². The van der Waals surface area contributed by atoms with E-state index in [1.807, 2.05) is 43.3 Å². The first-order chi connectivity index (χ1) is 12.0. The molecule has 4 amide bonds. The van der Waals surface area contributed by atoms with E-state index in [4.69, 9.17) is 0 Å². The number of hydrogen-bond acceptors (Lipinski definition) is 4. The first-order valence-electron chi connectivity index (χ1n) is 7.71. The number of imide groups is 2. The van der Waals surface area contributed by atoms with Crippen LogP contribution in [0.2, 0.25) is 0 Å². The molecule has 0 radical (unpaired) electrons. The molecule has 3 rings (SSSR count). The molecule has 126 valence electrons. The van der Waals surface area contributed by atoms with Crippen molar-refractivity contribution in [2.24, 2.45) is 0 Å². The predicted molar refractivity (Wildman–Crippen MR) is 96.2 cm³/mol. The number of rotatable bonds is 3. The van der Waals surface area contributed by atoms with Crippen molar-refractivity contribution in [1.29, 1.82) is 0 Å². The van der Waals surface area contributed by atoms with E-state index in [-0.39, 0.29) is 5.57 Å². The van der Waals surface area contributed by atoms with E-state index < -0.39 is 17.8 Å². The van der Waals surface area contributed by atoms with Gasteiger partial charge in [-0.1, -0.05) is 30.3 Å². The molecule has 0 aliphatic carbocycles. The van der Waals surface area contributed by atoms with Crippen LogP contribution in [0.3, 0.4) is 0 Å². The molecule has 1 fully saturated rings. The van der Waals surface area contributed by atoms with Gasteiger partial charge in [-0.2, -0.15) is 0 Å². The van der Waals surface area contributed by atoms with Gasteiger partial charge in [-0.25, -0.2) is 9.69 Å². The van der Waals surface area contributed by atoms with Gasteiger partial charge in [0.1, 0.15) is 5.57 Å². The molecule has 0 atom stereocenters. The fraction of sp³-hybridized carbons (Fsp3) is 0.105. The number of nitrogens with one attached hydrogen (secondary N) is 1. The van der Waals surface area contributed by atoms with E-state index in [9.17, 15) is 14.4 Å². The number of para-hydroxylation sites is 1. The van der Waals surface area contributed by atoms with Crippen molar-refractivity contribution in [3.8, 4) is 0 Å². The summed E-state index contributed by atoms with van der Waals surface area (Å²) in [6.45, 7) is 0. The van der Waals surface area contributed by atoms with Crippen molar-refractivity contribution in [1.82, 2.24) is 5.32 Å². The average Bonchev–Trinajstić information content (AvgIpc) is 2.60. The Labute approximate surface area is 145 Å². The molecule has 6 heteroatoms. The fourth-order valence-electron chi connectivity index (χ4n) is 2.50. The molecule has 0 spiro atoms. The van der Waals surface area contributed by atoms with Crippen LogP contribution >= 0.6 is 0 Å². The van der Waals surface area contributed by atoms with Gasteiger partial charge in [0, 0.05) is 19.8 Å². The normalized spacial score (nSPS) is 16.2. The number of anilines is 2. The second kappa shape index (κ2) is 6.60. The van der Waals surface area contributed by atoms with Crippen molar-refractivity contribution in [2.45, 2.75) is 0 Å². The zero-order valence-electron chi connectivity index (χ0n) is 13.9. The Hall–Kier alpha value is -3.41. The Kier molecular flexibility index (Phi) is 4.35. The lowest BCUT2D eigenvalue weighted by atomic mass is 10.1. The maximum Gasteiger partial charge on any atom is 0.335 e. The van der Waals surface area contributed by atoms with Crippen LogP contribution in [0.25, 0.3) is 6.08 Å². The monoisotopic (exact) mass is 335 g/mol. The second-order valence-corrected chi connectivity index (χ2v) is 5.78. The Morgan fingerprint density at radius 3 is 2.16 bits per heavy atom. The SMILES string of the molecule is CN(C)c1ccc(/C=C2\C(=O)NC(=O)N(c3ccccc3)C2=O)cc1. The summed E-state index contributed by atoms with van der Waals surface area (Å²) in [4.78, 5) is 39.8. The van der Waals surface area contributed by atoms with E-state index in [1.54, 1.807) is 30.3 Å². The molecule has 1 aliphatic heterocycles. The Bertz CT molecular complexity index is 855. The van der Waals surface area contributed by atoms with E-state index >= 15 is 0 Å². The van der Waals surface area contributed by atoms with Crippen LogP contribution in [0.15, 0.2) is 60.2 Å². The highest BCUT2D eigenvalue weighted by atomic mass is 16.2. The summed E-state index contributed by atoms with van der Waals surface area (Å²) in [5.41, 5.74) is 2.03. The summed E-state index contributed by atoms with van der Waals surface area (Å²) >= 11 is 0. The Morgan fingerprint density at radius 2 is 1.56 bits per heavy atom. The van der Waals surface area contributed by atoms with Crippen LogP contribution in [0.5, 0.6) is 0 Å². The number of nitrogens with zero attached hydrogens (tertiary/aromatic N) is 2. The number of benzene rings is 2.